The molecule has 3 aromatic carbocycles. The van der Waals surface area contributed by atoms with Gasteiger partial charge in [-0.15, -0.1) is 0 Å². The Morgan fingerprint density at radius 2 is 1.27 bits per heavy atom. The van der Waals surface area contributed by atoms with Gasteiger partial charge in [-0.3, -0.25) is 9.59 Å². The van der Waals surface area contributed by atoms with Crippen molar-refractivity contribution < 1.29 is 9.59 Å². The van der Waals surface area contributed by atoms with Crippen molar-refractivity contribution in [2.45, 2.75) is 26.7 Å². The second-order valence-electron chi connectivity index (χ2n) is 7.28. The third kappa shape index (κ3) is 6.21. The highest BCUT2D eigenvalue weighted by Gasteiger charge is 2.07. The molecule has 0 aliphatic carbocycles. The second kappa shape index (κ2) is 10.3. The fraction of sp³-hybridized carbons (Fsp3) is 0.200. The number of rotatable bonds is 8. The van der Waals surface area contributed by atoms with E-state index >= 15 is 0 Å². The van der Waals surface area contributed by atoms with Gasteiger partial charge in [0, 0.05) is 23.5 Å². The topological polar surface area (TPSA) is 70.2 Å². The van der Waals surface area contributed by atoms with Gasteiger partial charge in [0.05, 0.1) is 6.54 Å². The molecule has 0 radical (unpaired) electrons. The van der Waals surface area contributed by atoms with Gasteiger partial charge in [0.1, 0.15) is 0 Å². The molecule has 0 aliphatic heterocycles. The minimum Gasteiger partial charge on any atom is -0.376 e. The average molecular weight is 402 g/mol. The lowest BCUT2D eigenvalue weighted by Crippen LogP contribution is -2.22. The van der Waals surface area contributed by atoms with E-state index in [9.17, 15) is 9.59 Å². The van der Waals surface area contributed by atoms with Gasteiger partial charge < -0.3 is 16.0 Å². The van der Waals surface area contributed by atoms with Gasteiger partial charge in [0.2, 0.25) is 11.8 Å². The minimum atomic E-state index is -0.128. The quantitative estimate of drug-likeness (QED) is 0.501. The smallest absolute Gasteiger partial charge is 0.243 e. The molecule has 5 heteroatoms. The van der Waals surface area contributed by atoms with Crippen LogP contribution < -0.4 is 16.0 Å². The maximum absolute atomic E-state index is 12.2. The Balaban J connectivity index is 1.45. The molecule has 0 unspecified atom stereocenters. The van der Waals surface area contributed by atoms with Crippen LogP contribution in [-0.4, -0.2) is 18.4 Å². The zero-order chi connectivity index (χ0) is 21.3. The molecule has 3 N–H and O–H groups in total. The molecule has 0 atom stereocenters. The van der Waals surface area contributed by atoms with Gasteiger partial charge in [0.15, 0.2) is 0 Å². The molecule has 0 bridgehead atoms. The molecule has 0 saturated heterocycles. The Morgan fingerprint density at radius 1 is 0.700 bits per heavy atom. The molecule has 5 nitrogen and oxygen atoms in total. The highest BCUT2D eigenvalue weighted by molar-refractivity contribution is 5.95. The van der Waals surface area contributed by atoms with Crippen molar-refractivity contribution in [3.63, 3.8) is 0 Å². The van der Waals surface area contributed by atoms with Crippen LogP contribution in [0.25, 0.3) is 0 Å². The first-order chi connectivity index (χ1) is 14.5. The highest BCUT2D eigenvalue weighted by atomic mass is 16.2. The standard InChI is InChI=1S/C25H27N3O2/c1-18-7-6-8-19(2)25(18)26-17-24(30)28-22-14-12-21(13-15-22)27-23(29)16-11-20-9-4-3-5-10-20/h3-10,12-15,26H,11,16-17H2,1-2H3,(H,27,29)(H,28,30). The number of carbonyl (C=O) groups is 2. The largest absolute Gasteiger partial charge is 0.376 e. The maximum Gasteiger partial charge on any atom is 0.243 e. The van der Waals surface area contributed by atoms with E-state index in [0.29, 0.717) is 24.2 Å². The Bertz CT molecular complexity index is 978. The molecular formula is C25H27N3O2. The van der Waals surface area contributed by atoms with E-state index in [1.54, 1.807) is 24.3 Å². The third-order valence-corrected chi connectivity index (χ3v) is 4.84. The van der Waals surface area contributed by atoms with Gasteiger partial charge in [-0.25, -0.2) is 0 Å². The summed E-state index contributed by atoms with van der Waals surface area (Å²) in [6.07, 6.45) is 1.13. The SMILES string of the molecule is Cc1cccc(C)c1NCC(=O)Nc1ccc(NC(=O)CCc2ccccc2)cc1. The van der Waals surface area contributed by atoms with Crippen LogP contribution in [0.3, 0.4) is 0 Å². The third-order valence-electron chi connectivity index (χ3n) is 4.84. The molecule has 3 aromatic rings. The summed E-state index contributed by atoms with van der Waals surface area (Å²) in [6, 6.07) is 23.1. The lowest BCUT2D eigenvalue weighted by molar-refractivity contribution is -0.116. The van der Waals surface area contributed by atoms with Gasteiger partial charge in [-0.2, -0.15) is 0 Å². The first-order valence-electron chi connectivity index (χ1n) is 10.0. The summed E-state index contributed by atoms with van der Waals surface area (Å²) in [5, 5.41) is 8.95. The van der Waals surface area contributed by atoms with Gasteiger partial charge in [-0.1, -0.05) is 48.5 Å². The predicted molar refractivity (Wildman–Crippen MR) is 123 cm³/mol. The zero-order valence-electron chi connectivity index (χ0n) is 17.4. The van der Waals surface area contributed by atoms with Crippen molar-refractivity contribution >= 4 is 28.9 Å². The summed E-state index contributed by atoms with van der Waals surface area (Å²) in [5.41, 5.74) is 5.73. The number of hydrogen-bond acceptors (Lipinski definition) is 3. The molecule has 0 heterocycles. The summed E-state index contributed by atoms with van der Waals surface area (Å²) < 4.78 is 0. The van der Waals surface area contributed by atoms with Crippen molar-refractivity contribution in [1.29, 1.82) is 0 Å². The average Bonchev–Trinajstić information content (AvgIpc) is 2.74. The Labute approximate surface area is 177 Å². The monoisotopic (exact) mass is 401 g/mol. The van der Waals surface area contributed by atoms with Gasteiger partial charge in [0.25, 0.3) is 0 Å². The Kier molecular flexibility index (Phi) is 7.22. The van der Waals surface area contributed by atoms with E-state index in [-0.39, 0.29) is 18.4 Å². The van der Waals surface area contributed by atoms with E-state index in [1.807, 2.05) is 62.4 Å². The van der Waals surface area contributed by atoms with Crippen LogP contribution >= 0.6 is 0 Å². The van der Waals surface area contributed by atoms with Crippen molar-refractivity contribution in [2.24, 2.45) is 0 Å². The van der Waals surface area contributed by atoms with Crippen molar-refractivity contribution in [3.8, 4) is 0 Å². The van der Waals surface area contributed by atoms with Crippen molar-refractivity contribution in [1.82, 2.24) is 0 Å². The molecule has 0 spiro atoms. The molecule has 154 valence electrons. The summed E-state index contributed by atoms with van der Waals surface area (Å²) in [5.74, 6) is -0.161. The summed E-state index contributed by atoms with van der Waals surface area (Å²) in [4.78, 5) is 24.4. The second-order valence-corrected chi connectivity index (χ2v) is 7.28. The summed E-state index contributed by atoms with van der Waals surface area (Å²) in [6.45, 7) is 4.21. The van der Waals surface area contributed by atoms with Crippen LogP contribution in [0.4, 0.5) is 17.1 Å². The maximum atomic E-state index is 12.2. The molecular weight excluding hydrogens is 374 g/mol. The number of nitrogens with one attached hydrogen (secondary N) is 3. The highest BCUT2D eigenvalue weighted by Crippen LogP contribution is 2.19. The fourth-order valence-electron chi connectivity index (χ4n) is 3.23. The zero-order valence-corrected chi connectivity index (χ0v) is 17.4. The molecule has 30 heavy (non-hydrogen) atoms. The van der Waals surface area contributed by atoms with E-state index in [0.717, 1.165) is 22.4 Å². The van der Waals surface area contributed by atoms with Crippen molar-refractivity contribution in [2.75, 3.05) is 22.5 Å². The molecule has 0 saturated carbocycles. The first-order valence-corrected chi connectivity index (χ1v) is 10.0. The number of aryl methyl sites for hydroxylation is 3. The van der Waals surface area contributed by atoms with Gasteiger partial charge in [-0.05, 0) is 61.2 Å². The number of anilines is 3. The van der Waals surface area contributed by atoms with Crippen LogP contribution in [0, 0.1) is 13.8 Å². The number of benzene rings is 3. The van der Waals surface area contributed by atoms with E-state index in [4.69, 9.17) is 0 Å². The fourth-order valence-corrected chi connectivity index (χ4v) is 3.23. The molecule has 0 aliphatic rings. The summed E-state index contributed by atoms with van der Waals surface area (Å²) in [7, 11) is 0. The number of carbonyl (C=O) groups excluding carboxylic acids is 2. The first kappa shape index (κ1) is 21.1. The molecule has 0 aromatic heterocycles. The molecule has 0 fully saturated rings. The lowest BCUT2D eigenvalue weighted by Gasteiger charge is -2.13. The van der Waals surface area contributed by atoms with Crippen molar-refractivity contribution in [3.05, 3.63) is 89.5 Å². The number of para-hydroxylation sites is 1. The van der Waals surface area contributed by atoms with Gasteiger partial charge >= 0.3 is 0 Å². The predicted octanol–water partition coefficient (Wildman–Crippen LogP) is 4.93. The number of hydrogen-bond donors (Lipinski definition) is 3. The Hall–Kier alpha value is -3.60. The van der Waals surface area contributed by atoms with Crippen LogP contribution in [0.5, 0.6) is 0 Å². The normalized spacial score (nSPS) is 10.3. The van der Waals surface area contributed by atoms with E-state index in [2.05, 4.69) is 16.0 Å². The van der Waals surface area contributed by atoms with Crippen LogP contribution in [0.2, 0.25) is 0 Å². The Morgan fingerprint density at radius 3 is 1.87 bits per heavy atom. The molecule has 3 rings (SSSR count). The van der Waals surface area contributed by atoms with Crippen LogP contribution in [0.15, 0.2) is 72.8 Å². The number of amides is 2. The van der Waals surface area contributed by atoms with Crippen LogP contribution in [-0.2, 0) is 16.0 Å². The lowest BCUT2D eigenvalue weighted by atomic mass is 10.1. The van der Waals surface area contributed by atoms with Crippen LogP contribution in [0.1, 0.15) is 23.1 Å². The summed E-state index contributed by atoms with van der Waals surface area (Å²) >= 11 is 0. The molecule has 2 amide bonds. The van der Waals surface area contributed by atoms with E-state index in [1.165, 1.54) is 0 Å². The van der Waals surface area contributed by atoms with E-state index < -0.39 is 0 Å². The minimum absolute atomic E-state index is 0.0339.